The Balaban J connectivity index is 2.54. The molecule has 0 heteroatoms. The Kier molecular flexibility index (Phi) is 1.89. The quantitative estimate of drug-likeness (QED) is 0.525. The normalized spacial score (nSPS) is 38.2. The fourth-order valence-electron chi connectivity index (χ4n) is 2.10. The van der Waals surface area contributed by atoms with Gasteiger partial charge in [0.25, 0.3) is 0 Å². The van der Waals surface area contributed by atoms with Crippen LogP contribution in [0, 0.1) is 17.3 Å². The molecule has 1 fully saturated rings. The van der Waals surface area contributed by atoms with E-state index >= 15 is 0 Å². The van der Waals surface area contributed by atoms with Crippen molar-refractivity contribution in [3.63, 3.8) is 0 Å². The van der Waals surface area contributed by atoms with Gasteiger partial charge in [-0.1, -0.05) is 26.8 Å². The van der Waals surface area contributed by atoms with Gasteiger partial charge in [0.15, 0.2) is 0 Å². The molecule has 0 aromatic heterocycles. The number of allylic oxidation sites excluding steroid dienone is 1. The summed E-state index contributed by atoms with van der Waals surface area (Å²) in [5.74, 6) is 1.77. The van der Waals surface area contributed by atoms with Gasteiger partial charge in [-0.15, -0.1) is 6.58 Å². The zero-order chi connectivity index (χ0) is 7.78. The average Bonchev–Trinajstić information content (AvgIpc) is 2.44. The van der Waals surface area contributed by atoms with Crippen LogP contribution in [-0.2, 0) is 0 Å². The molecule has 0 nitrogen and oxygen atoms in total. The topological polar surface area (TPSA) is 0 Å². The Hall–Kier alpha value is -0.260. The minimum Gasteiger partial charge on any atom is -0.103 e. The highest BCUT2D eigenvalue weighted by Crippen LogP contribution is 2.59. The molecule has 0 amide bonds. The molecular formula is C10H18. The molecule has 0 aliphatic heterocycles. The predicted molar refractivity (Wildman–Crippen MR) is 45.9 cm³/mol. The summed E-state index contributed by atoms with van der Waals surface area (Å²) >= 11 is 0. The molecule has 1 rings (SSSR count). The highest BCUT2D eigenvalue weighted by molar-refractivity contribution is 5.04. The first-order chi connectivity index (χ1) is 4.63. The van der Waals surface area contributed by atoms with E-state index in [0.717, 1.165) is 11.8 Å². The van der Waals surface area contributed by atoms with Gasteiger partial charge in [-0.05, 0) is 30.1 Å². The predicted octanol–water partition coefficient (Wildman–Crippen LogP) is 3.24. The van der Waals surface area contributed by atoms with E-state index in [1.54, 1.807) is 0 Å². The lowest BCUT2D eigenvalue weighted by Crippen LogP contribution is -2.10. The number of hydrogen-bond acceptors (Lipinski definition) is 0. The van der Waals surface area contributed by atoms with Gasteiger partial charge in [0.2, 0.25) is 0 Å². The molecule has 0 aromatic rings. The third-order valence-corrected chi connectivity index (χ3v) is 3.18. The average molecular weight is 138 g/mol. The molecule has 0 saturated heterocycles. The second-order valence-corrected chi connectivity index (χ2v) is 3.99. The van der Waals surface area contributed by atoms with Crippen LogP contribution in [0.2, 0.25) is 0 Å². The van der Waals surface area contributed by atoms with E-state index in [1.807, 2.05) is 0 Å². The van der Waals surface area contributed by atoms with Crippen LogP contribution in [0.5, 0.6) is 0 Å². The molecule has 10 heavy (non-hydrogen) atoms. The van der Waals surface area contributed by atoms with E-state index in [1.165, 1.54) is 12.8 Å². The van der Waals surface area contributed by atoms with Gasteiger partial charge in [-0.25, -0.2) is 0 Å². The minimum absolute atomic E-state index is 0.641. The van der Waals surface area contributed by atoms with Gasteiger partial charge in [-0.3, -0.25) is 0 Å². The van der Waals surface area contributed by atoms with Crippen LogP contribution in [-0.4, -0.2) is 0 Å². The van der Waals surface area contributed by atoms with Crippen molar-refractivity contribution in [3.8, 4) is 0 Å². The summed E-state index contributed by atoms with van der Waals surface area (Å²) in [5.41, 5.74) is 0.641. The van der Waals surface area contributed by atoms with E-state index in [-0.39, 0.29) is 0 Å². The van der Waals surface area contributed by atoms with Gasteiger partial charge in [0, 0.05) is 0 Å². The monoisotopic (exact) mass is 138 g/mol. The fraction of sp³-hybridized carbons (Fsp3) is 0.800. The van der Waals surface area contributed by atoms with E-state index < -0.39 is 0 Å². The first kappa shape index (κ1) is 7.84. The summed E-state index contributed by atoms with van der Waals surface area (Å²) in [4.78, 5) is 0. The zero-order valence-electron chi connectivity index (χ0n) is 7.35. The standard InChI is InChI=1S/C10H18/c1-5-6-10(8(2)3)7-9(10)4/h5,8-9H,1,6-7H2,2-4H3. The van der Waals surface area contributed by atoms with E-state index in [0.29, 0.717) is 5.41 Å². The van der Waals surface area contributed by atoms with E-state index in [2.05, 4.69) is 33.4 Å². The summed E-state index contributed by atoms with van der Waals surface area (Å²) in [6.45, 7) is 10.8. The molecule has 1 saturated carbocycles. The summed E-state index contributed by atoms with van der Waals surface area (Å²) in [6, 6.07) is 0. The van der Waals surface area contributed by atoms with Gasteiger partial charge in [0.05, 0.1) is 0 Å². The van der Waals surface area contributed by atoms with Gasteiger partial charge in [-0.2, -0.15) is 0 Å². The molecule has 1 aliphatic carbocycles. The van der Waals surface area contributed by atoms with Crippen molar-refractivity contribution in [1.29, 1.82) is 0 Å². The van der Waals surface area contributed by atoms with Crippen LogP contribution >= 0.6 is 0 Å². The third-order valence-electron chi connectivity index (χ3n) is 3.18. The van der Waals surface area contributed by atoms with Crippen molar-refractivity contribution < 1.29 is 0 Å². The first-order valence-corrected chi connectivity index (χ1v) is 4.24. The van der Waals surface area contributed by atoms with Crippen molar-refractivity contribution in [2.24, 2.45) is 17.3 Å². The highest BCUT2D eigenvalue weighted by Gasteiger charge is 2.51. The lowest BCUT2D eigenvalue weighted by molar-refractivity contribution is 0.334. The summed E-state index contributed by atoms with van der Waals surface area (Å²) in [7, 11) is 0. The number of hydrogen-bond donors (Lipinski definition) is 0. The largest absolute Gasteiger partial charge is 0.103 e. The molecule has 0 heterocycles. The lowest BCUT2D eigenvalue weighted by atomic mass is 9.87. The molecule has 0 aromatic carbocycles. The van der Waals surface area contributed by atoms with Crippen molar-refractivity contribution in [3.05, 3.63) is 12.7 Å². The van der Waals surface area contributed by atoms with Gasteiger partial charge >= 0.3 is 0 Å². The molecule has 0 spiro atoms. The summed E-state index contributed by atoms with van der Waals surface area (Å²) in [5, 5.41) is 0. The maximum Gasteiger partial charge on any atom is -0.0211 e. The Morgan fingerprint density at radius 1 is 1.70 bits per heavy atom. The van der Waals surface area contributed by atoms with Gasteiger partial charge in [0.1, 0.15) is 0 Å². The molecule has 2 unspecified atom stereocenters. The van der Waals surface area contributed by atoms with Crippen LogP contribution in [0.15, 0.2) is 12.7 Å². The second-order valence-electron chi connectivity index (χ2n) is 3.99. The third kappa shape index (κ3) is 1.00. The molecule has 58 valence electrons. The van der Waals surface area contributed by atoms with Crippen molar-refractivity contribution >= 4 is 0 Å². The van der Waals surface area contributed by atoms with Crippen LogP contribution in [0.3, 0.4) is 0 Å². The Bertz CT molecular complexity index is 135. The van der Waals surface area contributed by atoms with E-state index in [4.69, 9.17) is 0 Å². The smallest absolute Gasteiger partial charge is 0.0211 e. The lowest BCUT2D eigenvalue weighted by Gasteiger charge is -2.18. The summed E-state index contributed by atoms with van der Waals surface area (Å²) < 4.78 is 0. The SMILES string of the molecule is C=CCC1(C(C)C)CC1C. The molecule has 0 radical (unpaired) electrons. The number of rotatable bonds is 3. The fourth-order valence-corrected chi connectivity index (χ4v) is 2.10. The first-order valence-electron chi connectivity index (χ1n) is 4.24. The van der Waals surface area contributed by atoms with Crippen LogP contribution in [0.1, 0.15) is 33.6 Å². The highest BCUT2D eigenvalue weighted by atomic mass is 14.6. The zero-order valence-corrected chi connectivity index (χ0v) is 7.35. The Labute approximate surface area is 64.3 Å². The maximum absolute atomic E-state index is 3.80. The second kappa shape index (κ2) is 2.41. The van der Waals surface area contributed by atoms with Crippen molar-refractivity contribution in [2.75, 3.05) is 0 Å². The van der Waals surface area contributed by atoms with E-state index in [9.17, 15) is 0 Å². The Morgan fingerprint density at radius 3 is 2.30 bits per heavy atom. The molecule has 0 bridgehead atoms. The summed E-state index contributed by atoms with van der Waals surface area (Å²) in [6.07, 6.45) is 4.70. The molecule has 0 N–H and O–H groups in total. The van der Waals surface area contributed by atoms with Crippen LogP contribution in [0.25, 0.3) is 0 Å². The van der Waals surface area contributed by atoms with Gasteiger partial charge < -0.3 is 0 Å². The molecular weight excluding hydrogens is 120 g/mol. The molecule has 1 aliphatic rings. The van der Waals surface area contributed by atoms with Crippen LogP contribution < -0.4 is 0 Å². The molecule has 2 atom stereocenters. The Morgan fingerprint density at radius 2 is 2.20 bits per heavy atom. The van der Waals surface area contributed by atoms with Crippen molar-refractivity contribution in [2.45, 2.75) is 33.6 Å². The minimum atomic E-state index is 0.641. The van der Waals surface area contributed by atoms with Crippen molar-refractivity contribution in [1.82, 2.24) is 0 Å². The van der Waals surface area contributed by atoms with Crippen LogP contribution in [0.4, 0.5) is 0 Å². The maximum atomic E-state index is 3.80.